The predicted octanol–water partition coefficient (Wildman–Crippen LogP) is 2.88. The average Bonchev–Trinajstić information content (AvgIpc) is 2.99. The number of nitrogens with one attached hydrogen (secondary N) is 1. The van der Waals surface area contributed by atoms with Gasteiger partial charge in [-0.25, -0.2) is 0 Å². The van der Waals surface area contributed by atoms with Gasteiger partial charge >= 0.3 is 0 Å². The second kappa shape index (κ2) is 10.1. The first-order chi connectivity index (χ1) is 14.1. The van der Waals surface area contributed by atoms with E-state index in [-0.39, 0.29) is 23.6 Å². The van der Waals surface area contributed by atoms with Crippen LogP contribution in [0.5, 0.6) is 11.5 Å². The number of carbonyl (C=O) groups is 1. The molecule has 1 aliphatic heterocycles. The number of methoxy groups -OCH3 is 2. The number of hydrogen-bond acceptors (Lipinski definition) is 5. The summed E-state index contributed by atoms with van der Waals surface area (Å²) in [5, 5.41) is 2.89. The molecule has 1 aromatic carbocycles. The summed E-state index contributed by atoms with van der Waals surface area (Å²) in [6.45, 7) is 2.74. The maximum atomic E-state index is 12.7. The predicted molar refractivity (Wildman–Crippen MR) is 113 cm³/mol. The minimum atomic E-state index is -0.197. The molecule has 2 heterocycles. The van der Waals surface area contributed by atoms with Crippen molar-refractivity contribution in [1.29, 1.82) is 0 Å². The van der Waals surface area contributed by atoms with Gasteiger partial charge in [0, 0.05) is 18.3 Å². The molecule has 1 aromatic heterocycles. The lowest BCUT2D eigenvalue weighted by atomic mass is 10.2. The van der Waals surface area contributed by atoms with Crippen molar-refractivity contribution < 1.29 is 14.3 Å². The summed E-state index contributed by atoms with van der Waals surface area (Å²) in [5.41, 5.74) is 1.26. The second-order valence-electron chi connectivity index (χ2n) is 7.26. The molecule has 2 aromatic rings. The molecule has 0 radical (unpaired) electrons. The molecule has 156 valence electrons. The van der Waals surface area contributed by atoms with Crippen LogP contribution < -0.4 is 20.2 Å². The molecule has 7 heteroatoms. The van der Waals surface area contributed by atoms with E-state index >= 15 is 0 Å². The second-order valence-corrected chi connectivity index (χ2v) is 7.26. The van der Waals surface area contributed by atoms with E-state index in [1.807, 2.05) is 12.1 Å². The van der Waals surface area contributed by atoms with Gasteiger partial charge < -0.3 is 19.4 Å². The zero-order valence-electron chi connectivity index (χ0n) is 17.1. The molecule has 1 aliphatic rings. The van der Waals surface area contributed by atoms with Crippen molar-refractivity contribution in [1.82, 2.24) is 9.47 Å². The van der Waals surface area contributed by atoms with Crippen LogP contribution in [-0.4, -0.2) is 42.7 Å². The van der Waals surface area contributed by atoms with Crippen LogP contribution in [0.15, 0.2) is 41.3 Å². The van der Waals surface area contributed by atoms with Crippen LogP contribution in [0.4, 0.5) is 5.69 Å². The summed E-state index contributed by atoms with van der Waals surface area (Å²) in [6, 6.07) is 8.86. The average molecular weight is 399 g/mol. The Morgan fingerprint density at radius 1 is 1.03 bits per heavy atom. The maximum absolute atomic E-state index is 12.7. The number of nitrogens with zero attached hydrogens (tertiary/aromatic N) is 2. The van der Waals surface area contributed by atoms with Crippen molar-refractivity contribution in [3.8, 4) is 11.5 Å². The highest BCUT2D eigenvalue weighted by molar-refractivity contribution is 5.92. The molecule has 0 bridgehead atoms. The minimum absolute atomic E-state index is 0.0812. The molecule has 1 saturated heterocycles. The third kappa shape index (κ3) is 5.60. The van der Waals surface area contributed by atoms with E-state index in [9.17, 15) is 9.59 Å². The van der Waals surface area contributed by atoms with Crippen LogP contribution in [0.3, 0.4) is 0 Å². The maximum Gasteiger partial charge on any atom is 0.244 e. The Morgan fingerprint density at radius 2 is 1.72 bits per heavy atom. The number of benzene rings is 1. The summed E-state index contributed by atoms with van der Waals surface area (Å²) in [7, 11) is 3.03. The van der Waals surface area contributed by atoms with Gasteiger partial charge in [-0.05, 0) is 38.1 Å². The van der Waals surface area contributed by atoms with Crippen LogP contribution in [0, 0.1) is 0 Å². The summed E-state index contributed by atoms with van der Waals surface area (Å²) in [6.07, 6.45) is 6.43. The van der Waals surface area contributed by atoms with Gasteiger partial charge in [0.25, 0.3) is 0 Å². The van der Waals surface area contributed by atoms with Gasteiger partial charge in [0.05, 0.1) is 26.1 Å². The summed E-state index contributed by atoms with van der Waals surface area (Å²) in [4.78, 5) is 27.4. The topological polar surface area (TPSA) is 72.8 Å². The first kappa shape index (κ1) is 20.9. The number of amides is 1. The van der Waals surface area contributed by atoms with Crippen molar-refractivity contribution in [2.24, 2.45) is 0 Å². The highest BCUT2D eigenvalue weighted by Gasteiger charge is 2.16. The van der Waals surface area contributed by atoms with E-state index < -0.39 is 0 Å². The van der Waals surface area contributed by atoms with Crippen molar-refractivity contribution in [3.63, 3.8) is 0 Å². The normalized spacial score (nSPS) is 14.8. The number of pyridine rings is 1. The van der Waals surface area contributed by atoms with Crippen LogP contribution in [0.25, 0.3) is 0 Å². The fraction of sp³-hybridized carbons (Fsp3) is 0.455. The molecule has 1 amide bonds. The lowest BCUT2D eigenvalue weighted by molar-refractivity contribution is -0.116. The van der Waals surface area contributed by atoms with E-state index in [1.54, 1.807) is 36.1 Å². The molecule has 0 saturated carbocycles. The van der Waals surface area contributed by atoms with Crippen molar-refractivity contribution in [3.05, 3.63) is 52.4 Å². The molecule has 29 heavy (non-hydrogen) atoms. The minimum Gasteiger partial charge on any atom is -0.495 e. The van der Waals surface area contributed by atoms with Crippen molar-refractivity contribution >= 4 is 11.6 Å². The smallest absolute Gasteiger partial charge is 0.244 e. The fourth-order valence-corrected chi connectivity index (χ4v) is 3.65. The van der Waals surface area contributed by atoms with Gasteiger partial charge in [-0.3, -0.25) is 14.5 Å². The van der Waals surface area contributed by atoms with Crippen molar-refractivity contribution in [2.75, 3.05) is 32.6 Å². The van der Waals surface area contributed by atoms with Gasteiger partial charge in [0.15, 0.2) is 5.75 Å². The monoisotopic (exact) mass is 399 g/mol. The summed E-state index contributed by atoms with van der Waals surface area (Å²) < 4.78 is 12.3. The number of likely N-dealkylation sites (tertiary alicyclic amines) is 1. The Morgan fingerprint density at radius 3 is 2.41 bits per heavy atom. The van der Waals surface area contributed by atoms with Gasteiger partial charge in [-0.2, -0.15) is 0 Å². The number of carbonyl (C=O) groups excluding carboxylic acids is 1. The molecule has 7 nitrogen and oxygen atoms in total. The Kier molecular flexibility index (Phi) is 7.30. The first-order valence-corrected chi connectivity index (χ1v) is 10.0. The molecule has 3 rings (SSSR count). The lowest BCUT2D eigenvalue weighted by Gasteiger charge is -2.23. The molecule has 1 fully saturated rings. The molecule has 0 atom stereocenters. The number of ether oxygens (including phenoxy) is 2. The van der Waals surface area contributed by atoms with Crippen LogP contribution in [0.2, 0.25) is 0 Å². The van der Waals surface area contributed by atoms with E-state index in [0.717, 1.165) is 31.6 Å². The van der Waals surface area contributed by atoms with Gasteiger partial charge in [-0.15, -0.1) is 0 Å². The molecule has 0 spiro atoms. The summed E-state index contributed by atoms with van der Waals surface area (Å²) >= 11 is 0. The number of aromatic nitrogens is 1. The standard InChI is InChI=1S/C22H29N3O4/c1-28-20-10-6-5-9-18(20)23-22(27)16-25-15-21(29-2)19(26)13-17(25)14-24-11-7-3-4-8-12-24/h5-6,9-10,13,15H,3-4,7-8,11-12,14,16H2,1-2H3,(H,23,27). The third-order valence-corrected chi connectivity index (χ3v) is 5.18. The van der Waals surface area contributed by atoms with E-state index in [1.165, 1.54) is 20.0 Å². The Bertz CT molecular complexity index is 886. The van der Waals surface area contributed by atoms with E-state index in [0.29, 0.717) is 18.0 Å². The third-order valence-electron chi connectivity index (χ3n) is 5.18. The quantitative estimate of drug-likeness (QED) is 0.775. The zero-order valence-corrected chi connectivity index (χ0v) is 17.1. The molecule has 1 N–H and O–H groups in total. The van der Waals surface area contributed by atoms with Crippen LogP contribution in [-0.2, 0) is 17.9 Å². The van der Waals surface area contributed by atoms with Crippen LogP contribution >= 0.6 is 0 Å². The highest BCUT2D eigenvalue weighted by Crippen LogP contribution is 2.23. The SMILES string of the molecule is COc1ccccc1NC(=O)Cn1cc(OC)c(=O)cc1CN1CCCCCC1. The lowest BCUT2D eigenvalue weighted by Crippen LogP contribution is -2.29. The largest absolute Gasteiger partial charge is 0.495 e. The van der Waals surface area contributed by atoms with E-state index in [4.69, 9.17) is 9.47 Å². The molecular weight excluding hydrogens is 370 g/mol. The number of para-hydroxylation sites is 2. The highest BCUT2D eigenvalue weighted by atomic mass is 16.5. The molecular formula is C22H29N3O4. The van der Waals surface area contributed by atoms with Gasteiger partial charge in [-0.1, -0.05) is 25.0 Å². The number of anilines is 1. The molecule has 0 unspecified atom stereocenters. The Hall–Kier alpha value is -2.80. The van der Waals surface area contributed by atoms with Gasteiger partial charge in [0.2, 0.25) is 11.3 Å². The molecule has 0 aliphatic carbocycles. The Labute approximate surface area is 171 Å². The summed E-state index contributed by atoms with van der Waals surface area (Å²) in [5.74, 6) is 0.634. The zero-order chi connectivity index (χ0) is 20.6. The first-order valence-electron chi connectivity index (χ1n) is 10.0. The van der Waals surface area contributed by atoms with Crippen LogP contribution in [0.1, 0.15) is 31.4 Å². The van der Waals surface area contributed by atoms with E-state index in [2.05, 4.69) is 10.2 Å². The van der Waals surface area contributed by atoms with Gasteiger partial charge in [0.1, 0.15) is 12.3 Å². The number of rotatable bonds is 7. The number of hydrogen-bond donors (Lipinski definition) is 1. The fourth-order valence-electron chi connectivity index (χ4n) is 3.65. The van der Waals surface area contributed by atoms with Crippen molar-refractivity contribution in [2.45, 2.75) is 38.8 Å². The Balaban J connectivity index is 1.80.